The van der Waals surface area contributed by atoms with Gasteiger partial charge in [-0.2, -0.15) is 5.10 Å². The topological polar surface area (TPSA) is 43.6 Å². The van der Waals surface area contributed by atoms with Gasteiger partial charge in [-0.1, -0.05) is 44.4 Å². The van der Waals surface area contributed by atoms with Crippen molar-refractivity contribution in [1.82, 2.24) is 19.7 Å². The Bertz CT molecular complexity index is 945. The molecule has 2 aromatic heterocycles. The molecule has 0 spiro atoms. The first-order valence-electron chi connectivity index (χ1n) is 10.2. The number of rotatable bonds is 6. The molecule has 1 aromatic carbocycles. The molecular weight excluding hydrogens is 332 g/mol. The van der Waals surface area contributed by atoms with Gasteiger partial charge in [-0.25, -0.2) is 14.6 Å². The molecule has 0 amide bonds. The lowest BCUT2D eigenvalue weighted by atomic mass is 9.93. The molecule has 0 N–H and O–H groups in total. The molecule has 0 bridgehead atoms. The van der Waals surface area contributed by atoms with E-state index in [2.05, 4.69) is 53.7 Å². The third-order valence-electron chi connectivity index (χ3n) is 5.47. The highest BCUT2D eigenvalue weighted by Crippen LogP contribution is 2.33. The van der Waals surface area contributed by atoms with Gasteiger partial charge in [-0.3, -0.25) is 0 Å². The first-order valence-corrected chi connectivity index (χ1v) is 10.2. The quantitative estimate of drug-likeness (QED) is 0.535. The van der Waals surface area contributed by atoms with Gasteiger partial charge < -0.3 is 0 Å². The minimum atomic E-state index is 0.464. The average molecular weight is 365 g/mol. The second-order valence-corrected chi connectivity index (χ2v) is 7.85. The van der Waals surface area contributed by atoms with Crippen molar-refractivity contribution < 1.29 is 0 Å². The van der Waals surface area contributed by atoms with E-state index in [0.29, 0.717) is 5.92 Å². The molecule has 0 radical (unpaired) electrons. The Morgan fingerprint density at radius 1 is 0.963 bits per heavy atom. The van der Waals surface area contributed by atoms with Crippen LogP contribution in [-0.4, -0.2) is 19.7 Å². The molecule has 4 nitrogen and oxygen atoms in total. The van der Waals surface area contributed by atoms with Gasteiger partial charge in [0, 0.05) is 5.92 Å². The van der Waals surface area contributed by atoms with Crippen molar-refractivity contribution in [3.05, 3.63) is 46.0 Å². The molecular formula is C23H32N4. The van der Waals surface area contributed by atoms with Crippen molar-refractivity contribution in [2.45, 2.75) is 80.1 Å². The number of aromatic nitrogens is 4. The molecule has 144 valence electrons. The number of hydrogen-bond acceptors (Lipinski definition) is 3. The lowest BCUT2D eigenvalue weighted by Crippen LogP contribution is -2.07. The summed E-state index contributed by atoms with van der Waals surface area (Å²) in [7, 11) is 0. The Hall–Kier alpha value is -2.23. The van der Waals surface area contributed by atoms with E-state index >= 15 is 0 Å². The molecule has 0 aliphatic heterocycles. The Morgan fingerprint density at radius 3 is 2.22 bits per heavy atom. The zero-order valence-corrected chi connectivity index (χ0v) is 17.8. The maximum absolute atomic E-state index is 4.92. The Kier molecular flexibility index (Phi) is 5.64. The smallest absolute Gasteiger partial charge is 0.167 e. The summed E-state index contributed by atoms with van der Waals surface area (Å²) in [4.78, 5) is 9.71. The summed E-state index contributed by atoms with van der Waals surface area (Å²) in [5.74, 6) is 1.29. The number of hydrogen-bond donors (Lipinski definition) is 0. The van der Waals surface area contributed by atoms with E-state index in [1.54, 1.807) is 0 Å². The maximum atomic E-state index is 4.92. The normalized spacial score (nSPS) is 12.7. The summed E-state index contributed by atoms with van der Waals surface area (Å²) in [6, 6.07) is 4.44. The Balaban J connectivity index is 2.27. The predicted octanol–water partition coefficient (Wildman–Crippen LogP) is 6.04. The summed E-state index contributed by atoms with van der Waals surface area (Å²) in [6.45, 7) is 15.0. The lowest BCUT2D eigenvalue weighted by Gasteiger charge is -2.16. The zero-order chi connectivity index (χ0) is 19.7. The van der Waals surface area contributed by atoms with Crippen molar-refractivity contribution >= 4 is 11.0 Å². The number of aryl methyl sites for hydroxylation is 5. The Morgan fingerprint density at radius 2 is 1.63 bits per heavy atom. The lowest BCUT2D eigenvalue weighted by molar-refractivity contribution is 0.559. The van der Waals surface area contributed by atoms with Crippen molar-refractivity contribution in [2.24, 2.45) is 0 Å². The van der Waals surface area contributed by atoms with Crippen LogP contribution in [0.1, 0.15) is 79.4 Å². The molecule has 3 aromatic rings. The fourth-order valence-corrected chi connectivity index (χ4v) is 4.27. The molecule has 1 atom stereocenters. The van der Waals surface area contributed by atoms with Gasteiger partial charge in [0.2, 0.25) is 0 Å². The fraction of sp³-hybridized carbons (Fsp3) is 0.522. The van der Waals surface area contributed by atoms with Crippen LogP contribution in [0.5, 0.6) is 0 Å². The average Bonchev–Trinajstić information content (AvgIpc) is 2.91. The summed E-state index contributed by atoms with van der Waals surface area (Å²) in [5, 5.41) is 6.07. The van der Waals surface area contributed by atoms with Gasteiger partial charge in [-0.15, -0.1) is 0 Å². The van der Waals surface area contributed by atoms with Gasteiger partial charge in [-0.05, 0) is 58.6 Å². The molecule has 0 fully saturated rings. The summed E-state index contributed by atoms with van der Waals surface area (Å²) in [5.41, 5.74) is 8.03. The van der Waals surface area contributed by atoms with Crippen LogP contribution in [-0.2, 0) is 0 Å². The summed E-state index contributed by atoms with van der Waals surface area (Å²) >= 11 is 0. The minimum Gasteiger partial charge on any atom is -0.237 e. The number of nitrogens with zero attached hydrogens (tertiary/aromatic N) is 4. The van der Waals surface area contributed by atoms with E-state index in [9.17, 15) is 0 Å². The number of fused-ring (bicyclic) bond motifs is 1. The van der Waals surface area contributed by atoms with Gasteiger partial charge in [0.05, 0.1) is 22.5 Å². The molecule has 2 heterocycles. The van der Waals surface area contributed by atoms with E-state index in [4.69, 9.17) is 15.1 Å². The molecule has 0 saturated carbocycles. The second kappa shape index (κ2) is 7.79. The van der Waals surface area contributed by atoms with Gasteiger partial charge in [0.25, 0.3) is 0 Å². The molecule has 1 unspecified atom stereocenters. The van der Waals surface area contributed by atoms with E-state index in [-0.39, 0.29) is 0 Å². The van der Waals surface area contributed by atoms with Crippen LogP contribution >= 0.6 is 0 Å². The van der Waals surface area contributed by atoms with E-state index in [0.717, 1.165) is 34.7 Å². The van der Waals surface area contributed by atoms with E-state index in [1.165, 1.54) is 41.6 Å². The SMILES string of the molecule is CCCCC(CC)c1nc(C)nc2c1c(C)nn2-c1c(C)cc(C)cc1C. The molecule has 0 saturated heterocycles. The third-order valence-corrected chi connectivity index (χ3v) is 5.47. The van der Waals surface area contributed by atoms with Crippen molar-refractivity contribution in [3.63, 3.8) is 0 Å². The third kappa shape index (κ3) is 3.62. The van der Waals surface area contributed by atoms with Crippen molar-refractivity contribution in [1.29, 1.82) is 0 Å². The van der Waals surface area contributed by atoms with Crippen molar-refractivity contribution in [3.8, 4) is 5.69 Å². The monoisotopic (exact) mass is 364 g/mol. The molecule has 0 aliphatic carbocycles. The van der Waals surface area contributed by atoms with Crippen LogP contribution in [0.25, 0.3) is 16.7 Å². The maximum Gasteiger partial charge on any atom is 0.167 e. The van der Waals surface area contributed by atoms with Crippen LogP contribution in [0, 0.1) is 34.6 Å². The summed E-state index contributed by atoms with van der Waals surface area (Å²) < 4.78 is 2.04. The van der Waals surface area contributed by atoms with Crippen LogP contribution in [0.15, 0.2) is 12.1 Å². The minimum absolute atomic E-state index is 0.464. The molecule has 3 rings (SSSR count). The fourth-order valence-electron chi connectivity index (χ4n) is 4.27. The summed E-state index contributed by atoms with van der Waals surface area (Å²) in [6.07, 6.45) is 4.71. The highest BCUT2D eigenvalue weighted by atomic mass is 15.3. The van der Waals surface area contributed by atoms with Gasteiger partial charge in [0.15, 0.2) is 5.65 Å². The molecule has 0 aliphatic rings. The van der Waals surface area contributed by atoms with Gasteiger partial charge >= 0.3 is 0 Å². The highest BCUT2D eigenvalue weighted by molar-refractivity contribution is 5.83. The number of benzene rings is 1. The molecule has 27 heavy (non-hydrogen) atoms. The first kappa shape index (κ1) is 19.5. The molecule has 4 heteroatoms. The van der Waals surface area contributed by atoms with Crippen LogP contribution in [0.3, 0.4) is 0 Å². The first-order chi connectivity index (χ1) is 12.9. The van der Waals surface area contributed by atoms with Gasteiger partial charge in [0.1, 0.15) is 5.82 Å². The van der Waals surface area contributed by atoms with Crippen LogP contribution in [0.4, 0.5) is 0 Å². The van der Waals surface area contributed by atoms with E-state index in [1.807, 2.05) is 11.6 Å². The largest absolute Gasteiger partial charge is 0.237 e. The highest BCUT2D eigenvalue weighted by Gasteiger charge is 2.22. The zero-order valence-electron chi connectivity index (χ0n) is 17.8. The predicted molar refractivity (Wildman–Crippen MR) is 113 cm³/mol. The van der Waals surface area contributed by atoms with E-state index < -0.39 is 0 Å². The van der Waals surface area contributed by atoms with Crippen LogP contribution in [0.2, 0.25) is 0 Å². The van der Waals surface area contributed by atoms with Crippen molar-refractivity contribution in [2.75, 3.05) is 0 Å². The number of unbranched alkanes of at least 4 members (excludes halogenated alkanes) is 1. The second-order valence-electron chi connectivity index (χ2n) is 7.85. The van der Waals surface area contributed by atoms with Crippen LogP contribution < -0.4 is 0 Å². The standard InChI is InChI=1S/C23H32N4/c1-8-10-11-19(9-2)21-20-17(6)26-27(23(20)25-18(7)24-21)22-15(4)12-14(3)13-16(22)5/h12-13,19H,8-11H2,1-7H3. The Labute approximate surface area is 163 Å².